The van der Waals surface area contributed by atoms with Crippen LogP contribution in [0, 0.1) is 6.92 Å². The van der Waals surface area contributed by atoms with Crippen molar-refractivity contribution < 1.29 is 9.47 Å². The Morgan fingerprint density at radius 2 is 1.81 bits per heavy atom. The Balaban J connectivity index is 2.63. The Morgan fingerprint density at radius 1 is 1.10 bits per heavy atom. The SMILES string of the molecule is COc1cccc(-c2nc(C)c(C(C)C)c(N)n2)c1OC. The first-order valence-electron chi connectivity index (χ1n) is 6.85. The molecular formula is C16H21N3O2. The summed E-state index contributed by atoms with van der Waals surface area (Å²) in [6, 6.07) is 5.60. The number of nitrogen functional groups attached to an aromatic ring is 1. The molecule has 0 bridgehead atoms. The zero-order valence-corrected chi connectivity index (χ0v) is 13.1. The number of anilines is 1. The first kappa shape index (κ1) is 15.1. The zero-order valence-electron chi connectivity index (χ0n) is 13.1. The van der Waals surface area contributed by atoms with Gasteiger partial charge in [0.05, 0.1) is 19.8 Å². The highest BCUT2D eigenvalue weighted by Crippen LogP contribution is 2.37. The van der Waals surface area contributed by atoms with Crippen LogP contribution in [0.1, 0.15) is 31.0 Å². The Hall–Kier alpha value is -2.30. The van der Waals surface area contributed by atoms with Gasteiger partial charge in [-0.2, -0.15) is 0 Å². The Kier molecular flexibility index (Phi) is 4.31. The molecule has 0 aliphatic carbocycles. The van der Waals surface area contributed by atoms with Gasteiger partial charge in [-0.1, -0.05) is 19.9 Å². The Bertz CT molecular complexity index is 631. The van der Waals surface area contributed by atoms with Gasteiger partial charge in [0, 0.05) is 11.3 Å². The molecule has 0 saturated heterocycles. The predicted molar refractivity (Wildman–Crippen MR) is 83.8 cm³/mol. The van der Waals surface area contributed by atoms with E-state index in [-0.39, 0.29) is 5.92 Å². The van der Waals surface area contributed by atoms with Gasteiger partial charge in [-0.15, -0.1) is 0 Å². The molecular weight excluding hydrogens is 266 g/mol. The average molecular weight is 287 g/mol. The van der Waals surface area contributed by atoms with Gasteiger partial charge in [-0.05, 0) is 25.0 Å². The fourth-order valence-electron chi connectivity index (χ4n) is 2.50. The van der Waals surface area contributed by atoms with Crippen molar-refractivity contribution in [2.45, 2.75) is 26.7 Å². The van der Waals surface area contributed by atoms with E-state index < -0.39 is 0 Å². The number of methoxy groups -OCH3 is 2. The number of para-hydroxylation sites is 1. The number of aromatic nitrogens is 2. The highest BCUT2D eigenvalue weighted by molar-refractivity contribution is 5.70. The molecule has 1 heterocycles. The van der Waals surface area contributed by atoms with Gasteiger partial charge in [0.1, 0.15) is 5.82 Å². The fraction of sp³-hybridized carbons (Fsp3) is 0.375. The molecule has 0 saturated carbocycles. The van der Waals surface area contributed by atoms with E-state index in [4.69, 9.17) is 15.2 Å². The molecule has 21 heavy (non-hydrogen) atoms. The summed E-state index contributed by atoms with van der Waals surface area (Å²) in [5, 5.41) is 0. The number of hydrogen-bond donors (Lipinski definition) is 1. The summed E-state index contributed by atoms with van der Waals surface area (Å²) in [5.41, 5.74) is 8.74. The van der Waals surface area contributed by atoms with Crippen molar-refractivity contribution in [1.29, 1.82) is 0 Å². The maximum atomic E-state index is 6.10. The summed E-state index contributed by atoms with van der Waals surface area (Å²) in [5.74, 6) is 2.59. The van der Waals surface area contributed by atoms with Gasteiger partial charge < -0.3 is 15.2 Å². The molecule has 1 aromatic heterocycles. The van der Waals surface area contributed by atoms with Gasteiger partial charge in [0.15, 0.2) is 17.3 Å². The normalized spacial score (nSPS) is 10.8. The van der Waals surface area contributed by atoms with Gasteiger partial charge in [-0.25, -0.2) is 9.97 Å². The average Bonchev–Trinajstić information content (AvgIpc) is 2.44. The minimum Gasteiger partial charge on any atom is -0.493 e. The number of aryl methyl sites for hydroxylation is 1. The van der Waals surface area contributed by atoms with Crippen molar-refractivity contribution in [3.05, 3.63) is 29.5 Å². The van der Waals surface area contributed by atoms with Gasteiger partial charge in [0.25, 0.3) is 0 Å². The third kappa shape index (κ3) is 2.77. The van der Waals surface area contributed by atoms with Crippen LogP contribution < -0.4 is 15.2 Å². The van der Waals surface area contributed by atoms with Gasteiger partial charge >= 0.3 is 0 Å². The molecule has 2 aromatic rings. The molecule has 2 rings (SSSR count). The molecule has 0 fully saturated rings. The number of nitrogens with two attached hydrogens (primary N) is 1. The molecule has 0 aliphatic rings. The van der Waals surface area contributed by atoms with Crippen LogP contribution in [0.3, 0.4) is 0 Å². The standard InChI is InChI=1S/C16H21N3O2/c1-9(2)13-10(3)18-16(19-15(13)17)11-7-6-8-12(20-4)14(11)21-5/h6-9H,1-5H3,(H2,17,18,19). The lowest BCUT2D eigenvalue weighted by atomic mass is 10.0. The second kappa shape index (κ2) is 5.99. The van der Waals surface area contributed by atoms with Gasteiger partial charge in [-0.3, -0.25) is 0 Å². The monoisotopic (exact) mass is 287 g/mol. The number of ether oxygens (including phenoxy) is 2. The molecule has 2 N–H and O–H groups in total. The smallest absolute Gasteiger partial charge is 0.171 e. The lowest BCUT2D eigenvalue weighted by molar-refractivity contribution is 0.356. The third-order valence-electron chi connectivity index (χ3n) is 3.39. The molecule has 0 spiro atoms. The van der Waals surface area contributed by atoms with Crippen LogP contribution in [0.4, 0.5) is 5.82 Å². The predicted octanol–water partition coefficient (Wildman–Crippen LogP) is 3.17. The summed E-state index contributed by atoms with van der Waals surface area (Å²) in [6.07, 6.45) is 0. The lowest BCUT2D eigenvalue weighted by Gasteiger charge is -2.15. The van der Waals surface area contributed by atoms with Crippen LogP contribution in [-0.4, -0.2) is 24.2 Å². The highest BCUT2D eigenvalue weighted by Gasteiger charge is 2.17. The highest BCUT2D eigenvalue weighted by atomic mass is 16.5. The van der Waals surface area contributed by atoms with E-state index in [9.17, 15) is 0 Å². The zero-order chi connectivity index (χ0) is 15.6. The van der Waals surface area contributed by atoms with Crippen LogP contribution in [0.5, 0.6) is 11.5 Å². The summed E-state index contributed by atoms with van der Waals surface area (Å²) >= 11 is 0. The number of rotatable bonds is 4. The molecule has 5 nitrogen and oxygen atoms in total. The quantitative estimate of drug-likeness (QED) is 0.935. The van der Waals surface area contributed by atoms with E-state index in [0.29, 0.717) is 23.1 Å². The second-order valence-electron chi connectivity index (χ2n) is 5.13. The third-order valence-corrected chi connectivity index (χ3v) is 3.39. The van der Waals surface area contributed by atoms with E-state index in [1.165, 1.54) is 0 Å². The topological polar surface area (TPSA) is 70.3 Å². The lowest BCUT2D eigenvalue weighted by Crippen LogP contribution is -2.07. The van der Waals surface area contributed by atoms with Crippen molar-refractivity contribution in [2.75, 3.05) is 20.0 Å². The summed E-state index contributed by atoms with van der Waals surface area (Å²) < 4.78 is 10.7. The summed E-state index contributed by atoms with van der Waals surface area (Å²) in [6.45, 7) is 6.10. The largest absolute Gasteiger partial charge is 0.493 e. The second-order valence-corrected chi connectivity index (χ2v) is 5.13. The summed E-state index contributed by atoms with van der Waals surface area (Å²) in [7, 11) is 3.20. The molecule has 5 heteroatoms. The summed E-state index contributed by atoms with van der Waals surface area (Å²) in [4.78, 5) is 9.02. The Morgan fingerprint density at radius 3 is 2.33 bits per heavy atom. The van der Waals surface area contributed by atoms with E-state index in [2.05, 4.69) is 23.8 Å². The minimum atomic E-state index is 0.284. The van der Waals surface area contributed by atoms with Crippen LogP contribution >= 0.6 is 0 Å². The molecule has 1 aromatic carbocycles. The van der Waals surface area contributed by atoms with E-state index in [1.807, 2.05) is 25.1 Å². The molecule has 0 aliphatic heterocycles. The van der Waals surface area contributed by atoms with E-state index >= 15 is 0 Å². The molecule has 0 atom stereocenters. The van der Waals surface area contributed by atoms with Crippen LogP contribution in [0.25, 0.3) is 11.4 Å². The first-order valence-corrected chi connectivity index (χ1v) is 6.85. The van der Waals surface area contributed by atoms with Crippen molar-refractivity contribution in [3.63, 3.8) is 0 Å². The molecule has 0 amide bonds. The molecule has 0 unspecified atom stereocenters. The van der Waals surface area contributed by atoms with Crippen molar-refractivity contribution in [2.24, 2.45) is 0 Å². The van der Waals surface area contributed by atoms with Crippen molar-refractivity contribution in [1.82, 2.24) is 9.97 Å². The number of benzene rings is 1. The maximum Gasteiger partial charge on any atom is 0.171 e. The van der Waals surface area contributed by atoms with Crippen LogP contribution in [0.15, 0.2) is 18.2 Å². The Labute approximate surface area is 125 Å². The van der Waals surface area contributed by atoms with Crippen LogP contribution in [0.2, 0.25) is 0 Å². The molecule has 0 radical (unpaired) electrons. The van der Waals surface area contributed by atoms with E-state index in [0.717, 1.165) is 16.8 Å². The van der Waals surface area contributed by atoms with E-state index in [1.54, 1.807) is 14.2 Å². The molecule has 112 valence electrons. The van der Waals surface area contributed by atoms with Crippen molar-refractivity contribution >= 4 is 5.82 Å². The first-order chi connectivity index (χ1) is 9.99. The maximum absolute atomic E-state index is 6.10. The number of hydrogen-bond acceptors (Lipinski definition) is 5. The minimum absolute atomic E-state index is 0.284. The number of nitrogens with zero attached hydrogens (tertiary/aromatic N) is 2. The fourth-order valence-corrected chi connectivity index (χ4v) is 2.50. The van der Waals surface area contributed by atoms with Gasteiger partial charge in [0.2, 0.25) is 0 Å². The van der Waals surface area contributed by atoms with Crippen LogP contribution in [-0.2, 0) is 0 Å². The van der Waals surface area contributed by atoms with Crippen molar-refractivity contribution in [3.8, 4) is 22.9 Å².